The molecule has 0 fully saturated rings. The van der Waals surface area contributed by atoms with Gasteiger partial charge in [-0.3, -0.25) is 9.59 Å². The predicted molar refractivity (Wildman–Crippen MR) is 49.4 cm³/mol. The van der Waals surface area contributed by atoms with Crippen LogP contribution in [0.15, 0.2) is 0 Å². The first kappa shape index (κ1) is 12.9. The van der Waals surface area contributed by atoms with Crippen molar-refractivity contribution < 1.29 is 19.8 Å². The topological polar surface area (TPSA) is 89.9 Å². The average Bonchev–Trinajstić information content (AvgIpc) is 2.13. The lowest BCUT2D eigenvalue weighted by Gasteiger charge is -2.17. The quantitative estimate of drug-likeness (QED) is 0.480. The number of nitrogens with zero attached hydrogens (tertiary/aromatic N) is 1. The lowest BCUT2D eigenvalue weighted by atomic mass is 10.3. The lowest BCUT2D eigenvalue weighted by molar-refractivity contribution is -0.133. The monoisotopic (exact) mass is 204 g/mol. The number of hydrogen-bond donors (Lipinski definition) is 3. The Morgan fingerprint density at radius 1 is 1.36 bits per heavy atom. The van der Waals surface area contributed by atoms with E-state index < -0.39 is 11.9 Å². The smallest absolute Gasteiger partial charge is 0.239 e. The fourth-order valence-electron chi connectivity index (χ4n) is 0.749. The molecule has 2 amide bonds. The van der Waals surface area contributed by atoms with Crippen molar-refractivity contribution in [2.24, 2.45) is 0 Å². The summed E-state index contributed by atoms with van der Waals surface area (Å²) in [6.07, 6.45) is 0. The molecule has 0 spiro atoms. The molecule has 0 unspecified atom stereocenters. The van der Waals surface area contributed by atoms with Crippen LogP contribution in [0.1, 0.15) is 6.92 Å². The Kier molecular flexibility index (Phi) is 5.82. The zero-order chi connectivity index (χ0) is 11.1. The summed E-state index contributed by atoms with van der Waals surface area (Å²) in [6.45, 7) is 0.618. The van der Waals surface area contributed by atoms with E-state index >= 15 is 0 Å². The maximum atomic E-state index is 11.2. The van der Waals surface area contributed by atoms with Crippen LogP contribution in [0.5, 0.6) is 0 Å². The molecule has 6 heteroatoms. The molecule has 0 rings (SSSR count). The summed E-state index contributed by atoms with van der Waals surface area (Å²) in [5.74, 6) is -0.625. The molecule has 0 bridgehead atoms. The van der Waals surface area contributed by atoms with Gasteiger partial charge in [0.05, 0.1) is 25.8 Å². The zero-order valence-corrected chi connectivity index (χ0v) is 8.36. The van der Waals surface area contributed by atoms with E-state index in [0.29, 0.717) is 0 Å². The predicted octanol–water partition coefficient (Wildman–Crippen LogP) is -2.07. The fourth-order valence-corrected chi connectivity index (χ4v) is 0.749. The van der Waals surface area contributed by atoms with Crippen molar-refractivity contribution in [2.45, 2.75) is 13.0 Å². The van der Waals surface area contributed by atoms with Crippen molar-refractivity contribution in [3.63, 3.8) is 0 Å². The maximum Gasteiger partial charge on any atom is 0.239 e. The number of aliphatic hydroxyl groups is 2. The van der Waals surface area contributed by atoms with Gasteiger partial charge in [0.1, 0.15) is 0 Å². The molecule has 0 aromatic heterocycles. The average molecular weight is 204 g/mol. The van der Waals surface area contributed by atoms with Crippen LogP contribution in [0, 0.1) is 0 Å². The van der Waals surface area contributed by atoms with Gasteiger partial charge >= 0.3 is 0 Å². The van der Waals surface area contributed by atoms with Gasteiger partial charge in [0.25, 0.3) is 0 Å². The van der Waals surface area contributed by atoms with E-state index in [1.807, 2.05) is 0 Å². The minimum atomic E-state index is -0.664. The summed E-state index contributed by atoms with van der Waals surface area (Å²) < 4.78 is 0. The van der Waals surface area contributed by atoms with Gasteiger partial charge in [-0.05, 0) is 0 Å². The molecule has 0 radical (unpaired) electrons. The molecule has 0 saturated heterocycles. The Morgan fingerprint density at radius 2 is 1.86 bits per heavy atom. The van der Waals surface area contributed by atoms with Crippen LogP contribution in [-0.2, 0) is 9.59 Å². The number of amides is 2. The fraction of sp³-hybridized carbons (Fsp3) is 0.750. The Bertz CT molecular complexity index is 204. The summed E-state index contributed by atoms with van der Waals surface area (Å²) in [5, 5.41) is 19.7. The summed E-state index contributed by atoms with van der Waals surface area (Å²) in [5.41, 5.74) is 0. The number of aliphatic hydroxyl groups excluding tert-OH is 2. The van der Waals surface area contributed by atoms with Crippen LogP contribution in [0.3, 0.4) is 0 Å². The van der Waals surface area contributed by atoms with Crippen molar-refractivity contribution in [2.75, 3.05) is 26.8 Å². The van der Waals surface area contributed by atoms with Crippen LogP contribution >= 0.6 is 0 Å². The van der Waals surface area contributed by atoms with Crippen molar-refractivity contribution in [3.05, 3.63) is 0 Å². The van der Waals surface area contributed by atoms with E-state index in [0.717, 1.165) is 0 Å². The molecule has 6 nitrogen and oxygen atoms in total. The second-order valence-corrected chi connectivity index (χ2v) is 3.00. The van der Waals surface area contributed by atoms with Crippen LogP contribution in [0.4, 0.5) is 0 Å². The van der Waals surface area contributed by atoms with Crippen LogP contribution in [0.2, 0.25) is 0 Å². The molecular formula is C8H16N2O4. The van der Waals surface area contributed by atoms with Gasteiger partial charge in [-0.1, -0.05) is 0 Å². The molecular weight excluding hydrogens is 188 g/mol. The maximum absolute atomic E-state index is 11.2. The first-order valence-corrected chi connectivity index (χ1v) is 4.24. The molecule has 0 aliphatic carbocycles. The zero-order valence-electron chi connectivity index (χ0n) is 8.36. The molecule has 0 aliphatic heterocycles. The lowest BCUT2D eigenvalue weighted by Crippen LogP contribution is -2.45. The number of likely N-dealkylation sites (N-methyl/N-ethyl adjacent to an activating group) is 1. The highest BCUT2D eigenvalue weighted by Crippen LogP contribution is 1.85. The third kappa shape index (κ3) is 4.78. The second-order valence-electron chi connectivity index (χ2n) is 3.00. The summed E-state index contributed by atoms with van der Waals surface area (Å²) in [6, 6.07) is -0.664. The largest absolute Gasteiger partial charge is 0.394 e. The molecule has 82 valence electrons. The van der Waals surface area contributed by atoms with Crippen LogP contribution < -0.4 is 5.32 Å². The van der Waals surface area contributed by atoms with E-state index in [1.54, 1.807) is 0 Å². The van der Waals surface area contributed by atoms with Crippen molar-refractivity contribution in [1.29, 1.82) is 0 Å². The SMILES string of the molecule is CC(=O)N(C)CC(=O)NC(CO)CO. The third-order valence-corrected chi connectivity index (χ3v) is 1.72. The summed E-state index contributed by atoms with van der Waals surface area (Å²) in [4.78, 5) is 23.1. The van der Waals surface area contributed by atoms with Crippen molar-refractivity contribution in [3.8, 4) is 0 Å². The third-order valence-electron chi connectivity index (χ3n) is 1.72. The first-order valence-electron chi connectivity index (χ1n) is 4.24. The Balaban J connectivity index is 3.91. The Labute approximate surface area is 82.5 Å². The highest BCUT2D eigenvalue weighted by molar-refractivity contribution is 5.83. The number of rotatable bonds is 5. The van der Waals surface area contributed by atoms with Crippen molar-refractivity contribution in [1.82, 2.24) is 10.2 Å². The molecule has 0 aromatic rings. The minimum Gasteiger partial charge on any atom is -0.394 e. The normalized spacial score (nSPS) is 10.1. The van der Waals surface area contributed by atoms with Gasteiger partial charge in [0.2, 0.25) is 11.8 Å². The van der Waals surface area contributed by atoms with E-state index in [1.165, 1.54) is 18.9 Å². The van der Waals surface area contributed by atoms with E-state index in [2.05, 4.69) is 5.32 Å². The van der Waals surface area contributed by atoms with Gasteiger partial charge < -0.3 is 20.4 Å². The Morgan fingerprint density at radius 3 is 2.21 bits per heavy atom. The molecule has 0 aliphatic rings. The molecule has 0 atom stereocenters. The van der Waals surface area contributed by atoms with Crippen LogP contribution in [0.25, 0.3) is 0 Å². The van der Waals surface area contributed by atoms with E-state index in [9.17, 15) is 9.59 Å². The van der Waals surface area contributed by atoms with E-state index in [-0.39, 0.29) is 25.7 Å². The highest BCUT2D eigenvalue weighted by atomic mass is 16.3. The highest BCUT2D eigenvalue weighted by Gasteiger charge is 2.12. The van der Waals surface area contributed by atoms with Crippen LogP contribution in [-0.4, -0.2) is 59.8 Å². The number of hydrogen-bond acceptors (Lipinski definition) is 4. The molecule has 0 aromatic carbocycles. The molecule has 0 heterocycles. The number of carbonyl (C=O) groups is 2. The summed E-state index contributed by atoms with van der Waals surface area (Å²) >= 11 is 0. The van der Waals surface area contributed by atoms with Gasteiger partial charge in [0, 0.05) is 14.0 Å². The molecule has 0 saturated carbocycles. The van der Waals surface area contributed by atoms with Gasteiger partial charge in [0.15, 0.2) is 0 Å². The number of nitrogens with one attached hydrogen (secondary N) is 1. The summed E-state index contributed by atoms with van der Waals surface area (Å²) in [7, 11) is 1.49. The minimum absolute atomic E-state index is 0.0775. The Hall–Kier alpha value is -1.14. The van der Waals surface area contributed by atoms with Gasteiger partial charge in [-0.2, -0.15) is 0 Å². The number of carbonyl (C=O) groups excluding carboxylic acids is 2. The second kappa shape index (κ2) is 6.33. The van der Waals surface area contributed by atoms with Gasteiger partial charge in [-0.25, -0.2) is 0 Å². The van der Waals surface area contributed by atoms with E-state index in [4.69, 9.17) is 10.2 Å². The molecule has 14 heavy (non-hydrogen) atoms. The molecule has 3 N–H and O–H groups in total. The standard InChI is InChI=1S/C8H16N2O4/c1-6(13)10(2)3-8(14)9-7(4-11)5-12/h7,11-12H,3-5H2,1-2H3,(H,9,14). The van der Waals surface area contributed by atoms with Crippen molar-refractivity contribution >= 4 is 11.8 Å². The van der Waals surface area contributed by atoms with Gasteiger partial charge in [-0.15, -0.1) is 0 Å². The first-order chi connectivity index (χ1) is 6.51.